The Kier molecular flexibility index (Phi) is 1.84. The Morgan fingerprint density at radius 1 is 0.944 bits per heavy atom. The fraction of sp³-hybridized carbons (Fsp3) is 0.250. The molecule has 1 unspecified atom stereocenters. The molecular weight excluding hydrogens is 222 g/mol. The average Bonchev–Trinajstić information content (AvgIpc) is 2.42. The minimum absolute atomic E-state index is 0.290. The summed E-state index contributed by atoms with van der Waals surface area (Å²) >= 11 is 0. The quantitative estimate of drug-likeness (QED) is 0.737. The van der Waals surface area contributed by atoms with Gasteiger partial charge < -0.3 is 10.8 Å². The van der Waals surface area contributed by atoms with Crippen molar-refractivity contribution in [3.05, 3.63) is 70.8 Å². The van der Waals surface area contributed by atoms with E-state index in [1.165, 1.54) is 11.1 Å². The lowest BCUT2D eigenvalue weighted by molar-refractivity contribution is 0.0713. The van der Waals surface area contributed by atoms with Gasteiger partial charge in [-0.25, -0.2) is 0 Å². The van der Waals surface area contributed by atoms with Gasteiger partial charge in [0, 0.05) is 5.92 Å². The number of aliphatic hydroxyl groups is 1. The van der Waals surface area contributed by atoms with Gasteiger partial charge in [0.15, 0.2) is 0 Å². The maximum absolute atomic E-state index is 10.4. The Bertz CT molecular complexity index is 587. The molecule has 0 saturated heterocycles. The highest BCUT2D eigenvalue weighted by Gasteiger charge is 2.51. The number of benzene rings is 2. The van der Waals surface area contributed by atoms with Crippen LogP contribution < -0.4 is 5.73 Å². The van der Waals surface area contributed by atoms with Crippen molar-refractivity contribution in [3.63, 3.8) is 0 Å². The van der Waals surface area contributed by atoms with E-state index in [-0.39, 0.29) is 5.92 Å². The first kappa shape index (κ1) is 10.3. The van der Waals surface area contributed by atoms with E-state index in [9.17, 15) is 5.11 Å². The third kappa shape index (κ3) is 1.01. The van der Waals surface area contributed by atoms with Crippen LogP contribution in [0, 0.1) is 0 Å². The lowest BCUT2D eigenvalue weighted by atomic mass is 9.58. The van der Waals surface area contributed by atoms with Gasteiger partial charge in [0.1, 0.15) is 0 Å². The number of hydrogen-bond acceptors (Lipinski definition) is 2. The molecule has 3 N–H and O–H groups in total. The first-order valence-corrected chi connectivity index (χ1v) is 6.38. The van der Waals surface area contributed by atoms with Gasteiger partial charge in [-0.05, 0) is 28.7 Å². The molecule has 2 aromatic rings. The highest BCUT2D eigenvalue weighted by molar-refractivity contribution is 5.59. The van der Waals surface area contributed by atoms with Crippen LogP contribution in [0.3, 0.4) is 0 Å². The average molecular weight is 237 g/mol. The second-order valence-electron chi connectivity index (χ2n) is 5.35. The fourth-order valence-electron chi connectivity index (χ4n) is 3.69. The maximum atomic E-state index is 10.4. The first-order chi connectivity index (χ1) is 8.73. The lowest BCUT2D eigenvalue weighted by Crippen LogP contribution is -2.56. The van der Waals surface area contributed by atoms with E-state index in [1.54, 1.807) is 0 Å². The minimum Gasteiger partial charge on any atom is -0.390 e. The Balaban J connectivity index is 2.11. The molecule has 18 heavy (non-hydrogen) atoms. The number of hydrogen-bond donors (Lipinski definition) is 2. The predicted molar refractivity (Wildman–Crippen MR) is 70.3 cm³/mol. The van der Waals surface area contributed by atoms with Gasteiger partial charge in [-0.1, -0.05) is 48.5 Å². The van der Waals surface area contributed by atoms with Crippen LogP contribution in [0.2, 0.25) is 0 Å². The van der Waals surface area contributed by atoms with Crippen LogP contribution in [0.1, 0.15) is 34.6 Å². The summed E-state index contributed by atoms with van der Waals surface area (Å²) in [6.45, 7) is 0. The molecule has 1 atom stereocenters. The SMILES string of the molecule is NC12c3ccccc3C(CC1O)c1ccccc12. The predicted octanol–water partition coefficient (Wildman–Crippen LogP) is 2.10. The molecule has 2 heteroatoms. The van der Waals surface area contributed by atoms with Gasteiger partial charge in [-0.15, -0.1) is 0 Å². The van der Waals surface area contributed by atoms with Gasteiger partial charge >= 0.3 is 0 Å². The highest BCUT2D eigenvalue weighted by Crippen LogP contribution is 2.53. The third-order valence-corrected chi connectivity index (χ3v) is 4.55. The van der Waals surface area contributed by atoms with Crippen LogP contribution in [0.4, 0.5) is 0 Å². The molecule has 0 heterocycles. The van der Waals surface area contributed by atoms with Crippen molar-refractivity contribution in [2.75, 3.05) is 0 Å². The van der Waals surface area contributed by atoms with Crippen molar-refractivity contribution in [1.82, 2.24) is 0 Å². The second-order valence-corrected chi connectivity index (χ2v) is 5.35. The van der Waals surface area contributed by atoms with Crippen LogP contribution in [0.5, 0.6) is 0 Å². The summed E-state index contributed by atoms with van der Waals surface area (Å²) in [6.07, 6.45) is 0.233. The summed E-state index contributed by atoms with van der Waals surface area (Å²) in [5.41, 5.74) is 10.6. The zero-order chi connectivity index (χ0) is 12.3. The molecule has 2 nitrogen and oxygen atoms in total. The fourth-order valence-corrected chi connectivity index (χ4v) is 3.69. The summed E-state index contributed by atoms with van der Waals surface area (Å²) < 4.78 is 0. The Morgan fingerprint density at radius 3 is 2.00 bits per heavy atom. The van der Waals surface area contributed by atoms with Crippen LogP contribution in [-0.4, -0.2) is 11.2 Å². The van der Waals surface area contributed by atoms with E-state index >= 15 is 0 Å². The number of fused-ring (bicyclic) bond motifs is 1. The molecule has 2 bridgehead atoms. The zero-order valence-electron chi connectivity index (χ0n) is 10.0. The van der Waals surface area contributed by atoms with E-state index in [4.69, 9.17) is 5.73 Å². The van der Waals surface area contributed by atoms with E-state index < -0.39 is 11.6 Å². The number of rotatable bonds is 0. The summed E-state index contributed by atoms with van der Waals surface area (Å²) in [4.78, 5) is 0. The number of aliphatic hydroxyl groups excluding tert-OH is 1. The molecule has 0 aliphatic heterocycles. The van der Waals surface area contributed by atoms with Crippen LogP contribution in [0.25, 0.3) is 0 Å². The minimum atomic E-state index is -0.734. The summed E-state index contributed by atoms with van der Waals surface area (Å²) in [7, 11) is 0. The van der Waals surface area contributed by atoms with Crippen molar-refractivity contribution in [2.24, 2.45) is 5.73 Å². The molecule has 0 amide bonds. The molecular formula is C16H15NO. The molecule has 3 aliphatic rings. The van der Waals surface area contributed by atoms with Crippen LogP contribution in [0.15, 0.2) is 48.5 Å². The normalized spacial score (nSPS) is 31.9. The molecule has 3 aliphatic carbocycles. The smallest absolute Gasteiger partial charge is 0.0935 e. The molecule has 0 fully saturated rings. The molecule has 0 spiro atoms. The van der Waals surface area contributed by atoms with Gasteiger partial charge in [-0.2, -0.15) is 0 Å². The van der Waals surface area contributed by atoms with Crippen LogP contribution in [-0.2, 0) is 5.54 Å². The summed E-state index contributed by atoms with van der Waals surface area (Å²) in [5.74, 6) is 0.290. The third-order valence-electron chi connectivity index (χ3n) is 4.55. The maximum Gasteiger partial charge on any atom is 0.0935 e. The Morgan fingerprint density at radius 2 is 1.44 bits per heavy atom. The van der Waals surface area contributed by atoms with E-state index in [0.717, 1.165) is 17.5 Å². The van der Waals surface area contributed by atoms with E-state index in [2.05, 4.69) is 36.4 Å². The largest absolute Gasteiger partial charge is 0.390 e. The first-order valence-electron chi connectivity index (χ1n) is 6.38. The van der Waals surface area contributed by atoms with Crippen molar-refractivity contribution < 1.29 is 5.11 Å². The van der Waals surface area contributed by atoms with Crippen molar-refractivity contribution >= 4 is 0 Å². The molecule has 0 saturated carbocycles. The van der Waals surface area contributed by atoms with Gasteiger partial charge in [0.05, 0.1) is 11.6 Å². The van der Waals surface area contributed by atoms with Gasteiger partial charge in [-0.3, -0.25) is 0 Å². The topological polar surface area (TPSA) is 46.2 Å². The van der Waals surface area contributed by atoms with Crippen molar-refractivity contribution in [1.29, 1.82) is 0 Å². The Labute approximate surface area is 106 Å². The highest BCUT2D eigenvalue weighted by atomic mass is 16.3. The molecule has 0 radical (unpaired) electrons. The van der Waals surface area contributed by atoms with Crippen molar-refractivity contribution in [2.45, 2.75) is 24.0 Å². The molecule has 0 aromatic heterocycles. The van der Waals surface area contributed by atoms with Gasteiger partial charge in [0.2, 0.25) is 0 Å². The van der Waals surface area contributed by atoms with E-state index in [0.29, 0.717) is 0 Å². The second kappa shape index (κ2) is 3.22. The van der Waals surface area contributed by atoms with E-state index in [1.807, 2.05) is 12.1 Å². The summed E-state index contributed by atoms with van der Waals surface area (Å²) in [6, 6.07) is 16.5. The lowest BCUT2D eigenvalue weighted by Gasteiger charge is -2.50. The van der Waals surface area contributed by atoms with Crippen molar-refractivity contribution in [3.8, 4) is 0 Å². The number of nitrogens with two attached hydrogens (primary N) is 1. The Hall–Kier alpha value is -1.64. The monoisotopic (exact) mass is 237 g/mol. The zero-order valence-corrected chi connectivity index (χ0v) is 10.0. The molecule has 2 aromatic carbocycles. The van der Waals surface area contributed by atoms with Crippen LogP contribution >= 0.6 is 0 Å². The standard InChI is InChI=1S/C16H15NO/c17-16-13-7-3-1-5-10(13)12(9-15(16)18)11-6-2-4-8-14(11)16/h1-8,12,15,18H,9,17H2. The molecule has 5 rings (SSSR count). The molecule has 90 valence electrons. The van der Waals surface area contributed by atoms with Gasteiger partial charge in [0.25, 0.3) is 0 Å². The summed E-state index contributed by atoms with van der Waals surface area (Å²) in [5, 5.41) is 10.4.